The first-order valence-electron chi connectivity index (χ1n) is 6.96. The van der Waals surface area contributed by atoms with Crippen molar-refractivity contribution >= 4 is 29.1 Å². The van der Waals surface area contributed by atoms with Gasteiger partial charge in [-0.15, -0.1) is 5.10 Å². The summed E-state index contributed by atoms with van der Waals surface area (Å²) >= 11 is 1.41. The number of carbonyl (C=O) groups is 1. The Kier molecular flexibility index (Phi) is 6.38. The molecule has 0 spiro atoms. The quantitative estimate of drug-likeness (QED) is 0.301. The number of hydrogen-bond acceptors (Lipinski definition) is 5. The average molecular weight is 327 g/mol. The average Bonchev–Trinajstić information content (AvgIpc) is 2.55. The molecule has 0 aromatic heterocycles. The molecule has 2 N–H and O–H groups in total. The number of hydrogen-bond donors (Lipinski definition) is 1. The molecule has 0 bridgehead atoms. The Balaban J connectivity index is 1.96. The Hall–Kier alpha value is -2.60. The molecule has 0 aliphatic carbocycles. The van der Waals surface area contributed by atoms with Crippen molar-refractivity contribution in [3.63, 3.8) is 0 Å². The molecule has 0 heterocycles. The SMILES string of the molecule is CC(=O)Oc1ccccc1C=NN=C(N)SCc1ccccc1. The van der Waals surface area contributed by atoms with Gasteiger partial charge in [-0.3, -0.25) is 4.79 Å². The standard InChI is InChI=1S/C17H17N3O2S/c1-13(21)22-16-10-6-5-9-15(16)11-19-20-17(18)23-12-14-7-3-2-4-8-14/h2-11H,12H2,1H3,(H2,18,20). The van der Waals surface area contributed by atoms with Crippen LogP contribution in [0.25, 0.3) is 0 Å². The molecule has 0 atom stereocenters. The van der Waals surface area contributed by atoms with Crippen LogP contribution in [-0.2, 0) is 10.5 Å². The van der Waals surface area contributed by atoms with Gasteiger partial charge in [-0.25, -0.2) is 0 Å². The van der Waals surface area contributed by atoms with Crippen molar-refractivity contribution < 1.29 is 9.53 Å². The number of nitrogens with zero attached hydrogens (tertiary/aromatic N) is 2. The topological polar surface area (TPSA) is 77.0 Å². The van der Waals surface area contributed by atoms with E-state index in [2.05, 4.69) is 10.2 Å². The van der Waals surface area contributed by atoms with Gasteiger partial charge in [0.25, 0.3) is 0 Å². The van der Waals surface area contributed by atoms with Gasteiger partial charge in [0.1, 0.15) is 5.75 Å². The Labute approximate surface area is 139 Å². The predicted octanol–water partition coefficient (Wildman–Crippen LogP) is 3.19. The molecule has 0 saturated carbocycles. The summed E-state index contributed by atoms with van der Waals surface area (Å²) in [6, 6.07) is 17.1. The lowest BCUT2D eigenvalue weighted by Crippen LogP contribution is -2.06. The zero-order chi connectivity index (χ0) is 16.5. The molecule has 0 aliphatic rings. The van der Waals surface area contributed by atoms with Gasteiger partial charge in [-0.05, 0) is 17.7 Å². The summed E-state index contributed by atoms with van der Waals surface area (Å²) < 4.78 is 5.09. The third-order valence-corrected chi connectivity index (χ3v) is 3.61. The first-order valence-corrected chi connectivity index (χ1v) is 7.94. The number of rotatable bonds is 5. The van der Waals surface area contributed by atoms with Crippen LogP contribution in [-0.4, -0.2) is 17.4 Å². The van der Waals surface area contributed by atoms with E-state index in [4.69, 9.17) is 10.5 Å². The van der Waals surface area contributed by atoms with Gasteiger partial charge in [0, 0.05) is 18.2 Å². The van der Waals surface area contributed by atoms with Crippen LogP contribution in [0.5, 0.6) is 5.75 Å². The van der Waals surface area contributed by atoms with Gasteiger partial charge in [-0.2, -0.15) is 5.10 Å². The molecule has 0 fully saturated rings. The van der Waals surface area contributed by atoms with E-state index >= 15 is 0 Å². The lowest BCUT2D eigenvalue weighted by atomic mass is 10.2. The molecule has 5 nitrogen and oxygen atoms in total. The van der Waals surface area contributed by atoms with Gasteiger partial charge < -0.3 is 10.5 Å². The summed E-state index contributed by atoms with van der Waals surface area (Å²) in [6.07, 6.45) is 1.51. The van der Waals surface area contributed by atoms with Crippen molar-refractivity contribution in [3.05, 3.63) is 65.7 Å². The van der Waals surface area contributed by atoms with Crippen LogP contribution < -0.4 is 10.5 Å². The van der Waals surface area contributed by atoms with Crippen LogP contribution in [0, 0.1) is 0 Å². The monoisotopic (exact) mass is 327 g/mol. The summed E-state index contributed by atoms with van der Waals surface area (Å²) in [6.45, 7) is 1.35. The molecule has 6 heteroatoms. The fourth-order valence-electron chi connectivity index (χ4n) is 1.74. The molecule has 0 amide bonds. The maximum absolute atomic E-state index is 11.0. The molecule has 0 unspecified atom stereocenters. The van der Waals surface area contributed by atoms with E-state index in [1.165, 1.54) is 30.5 Å². The van der Waals surface area contributed by atoms with E-state index in [1.807, 2.05) is 36.4 Å². The molecular weight excluding hydrogens is 310 g/mol. The summed E-state index contributed by atoms with van der Waals surface area (Å²) in [5.41, 5.74) is 7.64. The van der Waals surface area contributed by atoms with E-state index < -0.39 is 0 Å². The third kappa shape index (κ3) is 5.96. The van der Waals surface area contributed by atoms with Gasteiger partial charge in [-0.1, -0.05) is 54.2 Å². The van der Waals surface area contributed by atoms with Gasteiger partial charge in [0.05, 0.1) is 6.21 Å². The number of para-hydroxylation sites is 1. The van der Waals surface area contributed by atoms with E-state index in [0.29, 0.717) is 16.5 Å². The van der Waals surface area contributed by atoms with Crippen molar-refractivity contribution in [3.8, 4) is 5.75 Å². The van der Waals surface area contributed by atoms with Gasteiger partial charge >= 0.3 is 5.97 Å². The molecule has 0 radical (unpaired) electrons. The molecular formula is C17H17N3O2S. The predicted molar refractivity (Wildman–Crippen MR) is 94.7 cm³/mol. The fraction of sp³-hybridized carbons (Fsp3) is 0.118. The van der Waals surface area contributed by atoms with Crippen LogP contribution in [0.1, 0.15) is 18.1 Å². The number of amidine groups is 1. The lowest BCUT2D eigenvalue weighted by Gasteiger charge is -2.03. The molecule has 0 saturated heterocycles. The summed E-state index contributed by atoms with van der Waals surface area (Å²) in [5.74, 6) is 0.789. The van der Waals surface area contributed by atoms with Crippen LogP contribution in [0.2, 0.25) is 0 Å². The minimum Gasteiger partial charge on any atom is -0.426 e. The zero-order valence-electron chi connectivity index (χ0n) is 12.7. The molecule has 0 aliphatic heterocycles. The summed E-state index contributed by atoms with van der Waals surface area (Å²) in [5, 5.41) is 8.26. The van der Waals surface area contributed by atoms with Crippen LogP contribution in [0.4, 0.5) is 0 Å². The second-order valence-electron chi connectivity index (χ2n) is 4.59. The number of esters is 1. The highest BCUT2D eigenvalue weighted by Crippen LogP contribution is 2.16. The summed E-state index contributed by atoms with van der Waals surface area (Å²) in [4.78, 5) is 11.0. The van der Waals surface area contributed by atoms with Crippen LogP contribution in [0.15, 0.2) is 64.8 Å². The molecule has 23 heavy (non-hydrogen) atoms. The number of carbonyl (C=O) groups excluding carboxylic acids is 1. The number of nitrogens with two attached hydrogens (primary N) is 1. The summed E-state index contributed by atoms with van der Waals surface area (Å²) in [7, 11) is 0. The largest absolute Gasteiger partial charge is 0.426 e. The number of benzene rings is 2. The fourth-order valence-corrected chi connectivity index (χ4v) is 2.36. The second kappa shape index (κ2) is 8.75. The lowest BCUT2D eigenvalue weighted by molar-refractivity contribution is -0.131. The van der Waals surface area contributed by atoms with Gasteiger partial charge in [0.2, 0.25) is 0 Å². The Morgan fingerprint density at radius 2 is 1.87 bits per heavy atom. The second-order valence-corrected chi connectivity index (χ2v) is 5.58. The Morgan fingerprint density at radius 3 is 2.61 bits per heavy atom. The minimum atomic E-state index is -0.382. The van der Waals surface area contributed by atoms with Crippen LogP contribution in [0.3, 0.4) is 0 Å². The van der Waals surface area contributed by atoms with Crippen molar-refractivity contribution in [1.29, 1.82) is 0 Å². The highest BCUT2D eigenvalue weighted by molar-refractivity contribution is 8.13. The first kappa shape index (κ1) is 16.8. The van der Waals surface area contributed by atoms with Crippen LogP contribution >= 0.6 is 11.8 Å². The number of thioether (sulfide) groups is 1. The molecule has 2 aromatic carbocycles. The zero-order valence-corrected chi connectivity index (χ0v) is 13.5. The van der Waals surface area contributed by atoms with Gasteiger partial charge in [0.15, 0.2) is 5.17 Å². The van der Waals surface area contributed by atoms with Crippen molar-refractivity contribution in [1.82, 2.24) is 0 Å². The van der Waals surface area contributed by atoms with Crippen molar-refractivity contribution in [2.45, 2.75) is 12.7 Å². The smallest absolute Gasteiger partial charge is 0.308 e. The van der Waals surface area contributed by atoms with Crippen molar-refractivity contribution in [2.24, 2.45) is 15.9 Å². The Bertz CT molecular complexity index is 715. The third-order valence-electron chi connectivity index (χ3n) is 2.76. The minimum absolute atomic E-state index is 0.370. The Morgan fingerprint density at radius 1 is 1.17 bits per heavy atom. The number of ether oxygens (including phenoxy) is 1. The highest BCUT2D eigenvalue weighted by atomic mass is 32.2. The van der Waals surface area contributed by atoms with E-state index in [0.717, 1.165) is 5.75 Å². The maximum atomic E-state index is 11.0. The normalized spacial score (nSPS) is 11.6. The van der Waals surface area contributed by atoms with E-state index in [-0.39, 0.29) is 5.97 Å². The highest BCUT2D eigenvalue weighted by Gasteiger charge is 2.03. The maximum Gasteiger partial charge on any atom is 0.308 e. The first-order chi connectivity index (χ1) is 11.1. The van der Waals surface area contributed by atoms with E-state index in [9.17, 15) is 4.79 Å². The molecule has 2 aromatic rings. The van der Waals surface area contributed by atoms with Crippen molar-refractivity contribution in [2.75, 3.05) is 0 Å². The molecule has 2 rings (SSSR count). The van der Waals surface area contributed by atoms with E-state index in [1.54, 1.807) is 18.2 Å². The molecule has 118 valence electrons.